The first-order valence-corrected chi connectivity index (χ1v) is 6.32. The van der Waals surface area contributed by atoms with E-state index in [4.69, 9.17) is 10.5 Å². The van der Waals surface area contributed by atoms with E-state index >= 15 is 0 Å². The minimum Gasteiger partial charge on any atom is -0.388 e. The summed E-state index contributed by atoms with van der Waals surface area (Å²) in [5.41, 5.74) is 1.67. The number of para-hydroxylation sites is 1. The highest BCUT2D eigenvalue weighted by Crippen LogP contribution is 2.23. The number of aromatic nitrogens is 1. The van der Waals surface area contributed by atoms with Gasteiger partial charge in [0.15, 0.2) is 0 Å². The molecule has 0 aliphatic carbocycles. The topological polar surface area (TPSA) is 92.8 Å². The van der Waals surface area contributed by atoms with Crippen molar-refractivity contribution in [3.63, 3.8) is 0 Å². The summed E-state index contributed by atoms with van der Waals surface area (Å²) in [6.07, 6.45) is 0. The molecule has 1 amide bonds. The molecule has 0 bridgehead atoms. The SMILES string of the molecule is CNc1cc(C(=O)N(CC#N)CC#N)nc2ccccc12. The predicted molar refractivity (Wildman–Crippen MR) is 78.4 cm³/mol. The van der Waals surface area contributed by atoms with E-state index in [1.54, 1.807) is 13.1 Å². The number of fused-ring (bicyclic) bond motifs is 1. The van der Waals surface area contributed by atoms with E-state index in [9.17, 15) is 4.79 Å². The summed E-state index contributed by atoms with van der Waals surface area (Å²) in [4.78, 5) is 17.9. The Morgan fingerprint density at radius 3 is 2.57 bits per heavy atom. The molecule has 1 aromatic carbocycles. The van der Waals surface area contributed by atoms with Crippen molar-refractivity contribution < 1.29 is 4.79 Å². The summed E-state index contributed by atoms with van der Waals surface area (Å²) >= 11 is 0. The van der Waals surface area contributed by atoms with Crippen LogP contribution in [0, 0.1) is 22.7 Å². The van der Waals surface area contributed by atoms with Gasteiger partial charge in [-0.1, -0.05) is 18.2 Å². The molecule has 2 aromatic rings. The molecular formula is C15H13N5O. The van der Waals surface area contributed by atoms with Crippen LogP contribution in [0.5, 0.6) is 0 Å². The molecule has 1 aromatic heterocycles. The van der Waals surface area contributed by atoms with Gasteiger partial charge in [-0.2, -0.15) is 10.5 Å². The number of carbonyl (C=O) groups is 1. The molecule has 0 spiro atoms. The monoisotopic (exact) mass is 279 g/mol. The van der Waals surface area contributed by atoms with Gasteiger partial charge in [0.1, 0.15) is 18.8 Å². The fourth-order valence-electron chi connectivity index (χ4n) is 2.02. The lowest BCUT2D eigenvalue weighted by molar-refractivity contribution is 0.0789. The van der Waals surface area contributed by atoms with Gasteiger partial charge >= 0.3 is 0 Å². The molecule has 2 rings (SSSR count). The first kappa shape index (κ1) is 14.3. The minimum absolute atomic E-state index is 0.143. The van der Waals surface area contributed by atoms with Crippen LogP contribution in [-0.4, -0.2) is 35.9 Å². The van der Waals surface area contributed by atoms with Crippen molar-refractivity contribution in [2.45, 2.75) is 0 Å². The number of anilines is 1. The van der Waals surface area contributed by atoms with Crippen molar-refractivity contribution in [2.24, 2.45) is 0 Å². The second-order valence-corrected chi connectivity index (χ2v) is 4.30. The Hall–Kier alpha value is -3.12. The average molecular weight is 279 g/mol. The Balaban J connectivity index is 2.49. The molecule has 0 fully saturated rings. The van der Waals surface area contributed by atoms with Gasteiger partial charge in [-0.3, -0.25) is 4.79 Å². The summed E-state index contributed by atoms with van der Waals surface area (Å²) in [7, 11) is 1.76. The molecule has 0 atom stereocenters. The summed E-state index contributed by atoms with van der Waals surface area (Å²) in [5.74, 6) is -0.430. The number of nitriles is 2. The van der Waals surface area contributed by atoms with Gasteiger partial charge < -0.3 is 10.2 Å². The molecule has 1 heterocycles. The third kappa shape index (κ3) is 2.90. The summed E-state index contributed by atoms with van der Waals surface area (Å²) in [6, 6.07) is 12.8. The number of benzene rings is 1. The Bertz CT molecular complexity index is 741. The quantitative estimate of drug-likeness (QED) is 0.861. The molecule has 0 radical (unpaired) electrons. The zero-order chi connectivity index (χ0) is 15.2. The number of amides is 1. The molecule has 6 nitrogen and oxygen atoms in total. The highest BCUT2D eigenvalue weighted by molar-refractivity contribution is 5.99. The first-order valence-electron chi connectivity index (χ1n) is 6.32. The lowest BCUT2D eigenvalue weighted by Gasteiger charge is -2.16. The predicted octanol–water partition coefficient (Wildman–Crippen LogP) is 1.77. The highest BCUT2D eigenvalue weighted by Gasteiger charge is 2.18. The number of rotatable bonds is 4. The highest BCUT2D eigenvalue weighted by atomic mass is 16.2. The number of nitrogens with zero attached hydrogens (tertiary/aromatic N) is 4. The van der Waals surface area contributed by atoms with Crippen LogP contribution in [-0.2, 0) is 0 Å². The Morgan fingerprint density at radius 2 is 1.95 bits per heavy atom. The number of pyridine rings is 1. The number of carbonyl (C=O) groups excluding carboxylic acids is 1. The van der Waals surface area contributed by atoms with Gasteiger partial charge in [0.25, 0.3) is 5.91 Å². The van der Waals surface area contributed by atoms with E-state index in [1.807, 2.05) is 36.4 Å². The van der Waals surface area contributed by atoms with Crippen molar-refractivity contribution in [3.8, 4) is 12.1 Å². The second kappa shape index (κ2) is 6.36. The van der Waals surface area contributed by atoms with Gasteiger partial charge in [0, 0.05) is 18.1 Å². The first-order chi connectivity index (χ1) is 10.2. The fraction of sp³-hybridized carbons (Fsp3) is 0.200. The van der Waals surface area contributed by atoms with Gasteiger partial charge in [-0.15, -0.1) is 0 Å². The molecular weight excluding hydrogens is 266 g/mol. The van der Waals surface area contributed by atoms with Gasteiger partial charge in [-0.05, 0) is 12.1 Å². The van der Waals surface area contributed by atoms with Crippen molar-refractivity contribution in [1.29, 1.82) is 10.5 Å². The molecule has 104 valence electrons. The Labute approximate surface area is 122 Å². The van der Waals surface area contributed by atoms with Gasteiger partial charge in [0.2, 0.25) is 0 Å². The van der Waals surface area contributed by atoms with Crippen molar-refractivity contribution in [1.82, 2.24) is 9.88 Å². The van der Waals surface area contributed by atoms with E-state index < -0.39 is 5.91 Å². The Kier molecular flexibility index (Phi) is 4.33. The summed E-state index contributed by atoms with van der Waals surface area (Å²) < 4.78 is 0. The summed E-state index contributed by atoms with van der Waals surface area (Å²) in [5, 5.41) is 21.4. The van der Waals surface area contributed by atoms with E-state index in [0.29, 0.717) is 5.52 Å². The van der Waals surface area contributed by atoms with E-state index in [0.717, 1.165) is 16.0 Å². The molecule has 21 heavy (non-hydrogen) atoms. The van der Waals surface area contributed by atoms with Crippen molar-refractivity contribution in [3.05, 3.63) is 36.0 Å². The lowest BCUT2D eigenvalue weighted by Crippen LogP contribution is -2.32. The fourth-order valence-corrected chi connectivity index (χ4v) is 2.02. The number of hydrogen-bond donors (Lipinski definition) is 1. The van der Waals surface area contributed by atoms with E-state index in [-0.39, 0.29) is 18.8 Å². The lowest BCUT2D eigenvalue weighted by atomic mass is 10.1. The van der Waals surface area contributed by atoms with Crippen LogP contribution >= 0.6 is 0 Å². The second-order valence-electron chi connectivity index (χ2n) is 4.30. The van der Waals surface area contributed by atoms with Crippen molar-refractivity contribution >= 4 is 22.5 Å². The molecule has 0 saturated heterocycles. The third-order valence-corrected chi connectivity index (χ3v) is 3.01. The van der Waals surface area contributed by atoms with Gasteiger partial charge in [-0.25, -0.2) is 4.98 Å². The van der Waals surface area contributed by atoms with Gasteiger partial charge in [0.05, 0.1) is 17.7 Å². The van der Waals surface area contributed by atoms with E-state index in [1.165, 1.54) is 0 Å². The van der Waals surface area contributed by atoms with E-state index in [2.05, 4.69) is 10.3 Å². The molecule has 0 saturated carbocycles. The molecule has 0 unspecified atom stereocenters. The number of hydrogen-bond acceptors (Lipinski definition) is 5. The van der Waals surface area contributed by atoms with Crippen LogP contribution in [0.15, 0.2) is 30.3 Å². The maximum Gasteiger partial charge on any atom is 0.274 e. The molecule has 0 aliphatic heterocycles. The zero-order valence-electron chi connectivity index (χ0n) is 11.5. The number of nitrogens with one attached hydrogen (secondary N) is 1. The summed E-state index contributed by atoms with van der Waals surface area (Å²) in [6.45, 7) is -0.286. The largest absolute Gasteiger partial charge is 0.388 e. The Morgan fingerprint density at radius 1 is 1.29 bits per heavy atom. The molecule has 6 heteroatoms. The maximum atomic E-state index is 12.4. The zero-order valence-corrected chi connectivity index (χ0v) is 11.5. The normalized spacial score (nSPS) is 9.67. The molecule has 1 N–H and O–H groups in total. The van der Waals surface area contributed by atoms with Crippen LogP contribution in [0.4, 0.5) is 5.69 Å². The molecule has 0 aliphatic rings. The minimum atomic E-state index is -0.430. The van der Waals surface area contributed by atoms with Crippen LogP contribution in [0.1, 0.15) is 10.5 Å². The van der Waals surface area contributed by atoms with Crippen molar-refractivity contribution in [2.75, 3.05) is 25.5 Å². The van der Waals surface area contributed by atoms with Crippen LogP contribution in [0.3, 0.4) is 0 Å². The van der Waals surface area contributed by atoms with Crippen LogP contribution in [0.25, 0.3) is 10.9 Å². The third-order valence-electron chi connectivity index (χ3n) is 3.01. The standard InChI is InChI=1S/C15H13N5O/c1-18-13-10-14(15(21)20(8-6-16)9-7-17)19-12-5-3-2-4-11(12)13/h2-5,10H,8-9H2,1H3,(H,18,19). The smallest absolute Gasteiger partial charge is 0.274 e. The maximum absolute atomic E-state index is 12.4. The average Bonchev–Trinajstić information content (AvgIpc) is 2.52. The van der Waals surface area contributed by atoms with Crippen LogP contribution in [0.2, 0.25) is 0 Å². The van der Waals surface area contributed by atoms with Crippen LogP contribution < -0.4 is 5.32 Å².